The summed E-state index contributed by atoms with van der Waals surface area (Å²) in [7, 11) is 0. The van der Waals surface area contributed by atoms with Crippen LogP contribution in [0.25, 0.3) is 0 Å². The average Bonchev–Trinajstić information content (AvgIpc) is 3.18. The quantitative estimate of drug-likeness (QED) is 0.641. The number of hydrogen-bond donors (Lipinski definition) is 1. The number of primary amides is 1. The van der Waals surface area contributed by atoms with Gasteiger partial charge in [0.05, 0.1) is 17.2 Å². The molecule has 2 N–H and O–H groups in total. The summed E-state index contributed by atoms with van der Waals surface area (Å²) < 4.78 is 1.51. The molecule has 3 heterocycles. The number of benzene rings is 1. The molecule has 4 rings (SSSR count). The summed E-state index contributed by atoms with van der Waals surface area (Å²) in [5.41, 5.74) is 8.58. The highest BCUT2D eigenvalue weighted by Crippen LogP contribution is 2.22. The maximum Gasteiger partial charge on any atom is 0.264 e. The molecule has 0 spiro atoms. The molecule has 0 saturated carbocycles. The zero-order chi connectivity index (χ0) is 22.0. The van der Waals surface area contributed by atoms with Gasteiger partial charge in [0.25, 0.3) is 11.5 Å². The average molecular weight is 437 g/mol. The first-order chi connectivity index (χ1) is 14.9. The van der Waals surface area contributed by atoms with E-state index in [1.54, 1.807) is 22.4 Å². The molecule has 0 atom stereocenters. The summed E-state index contributed by atoms with van der Waals surface area (Å²) in [5, 5.41) is 2.97. The van der Waals surface area contributed by atoms with E-state index in [0.717, 1.165) is 21.8 Å². The second-order valence-corrected chi connectivity index (χ2v) is 8.78. The molecule has 2 aromatic heterocycles. The Kier molecular flexibility index (Phi) is 5.99. The van der Waals surface area contributed by atoms with Gasteiger partial charge in [-0.15, -0.1) is 11.3 Å². The third kappa shape index (κ3) is 4.59. The van der Waals surface area contributed by atoms with Gasteiger partial charge in [-0.1, -0.05) is 30.3 Å². The number of aryl methyl sites for hydroxylation is 2. The van der Waals surface area contributed by atoms with E-state index >= 15 is 0 Å². The molecule has 0 unspecified atom stereocenters. The summed E-state index contributed by atoms with van der Waals surface area (Å²) in [4.78, 5) is 44.0. The van der Waals surface area contributed by atoms with Crippen molar-refractivity contribution in [3.8, 4) is 0 Å². The molecule has 160 valence electrons. The van der Waals surface area contributed by atoms with E-state index in [2.05, 4.69) is 4.98 Å². The fourth-order valence-electron chi connectivity index (χ4n) is 3.99. The molecule has 2 amide bonds. The van der Waals surface area contributed by atoms with Gasteiger partial charge in [-0.3, -0.25) is 14.4 Å². The minimum atomic E-state index is -0.720. The molecule has 0 saturated heterocycles. The van der Waals surface area contributed by atoms with Gasteiger partial charge in [-0.25, -0.2) is 4.98 Å². The van der Waals surface area contributed by atoms with Crippen LogP contribution in [0.5, 0.6) is 0 Å². The highest BCUT2D eigenvalue weighted by molar-refractivity contribution is 7.09. The normalized spacial score (nSPS) is 13.1. The summed E-state index contributed by atoms with van der Waals surface area (Å²) in [6.07, 6.45) is 3.19. The van der Waals surface area contributed by atoms with Crippen LogP contribution >= 0.6 is 11.3 Å². The van der Waals surface area contributed by atoms with Crippen LogP contribution in [0.15, 0.2) is 46.7 Å². The minimum absolute atomic E-state index is 0.0396. The summed E-state index contributed by atoms with van der Waals surface area (Å²) in [5.74, 6) is -0.680. The number of aromatic nitrogens is 2. The van der Waals surface area contributed by atoms with Crippen LogP contribution in [0.1, 0.15) is 44.2 Å². The Bertz CT molecular complexity index is 1180. The van der Waals surface area contributed by atoms with Gasteiger partial charge >= 0.3 is 0 Å². The Morgan fingerprint density at radius 2 is 2.00 bits per heavy atom. The van der Waals surface area contributed by atoms with Gasteiger partial charge in [-0.2, -0.15) is 0 Å². The lowest BCUT2D eigenvalue weighted by molar-refractivity contribution is -0.132. The predicted molar refractivity (Wildman–Crippen MR) is 119 cm³/mol. The standard InChI is InChI=1S/C23H24N4O3S/c1-15-25-18(14-31-15)7-8-20(28)26-10-9-19-17(12-26)13-27(23(30)21(19)22(24)29)11-16-5-3-2-4-6-16/h2-6,13-14H,7-12H2,1H3,(H2,24,29). The molecule has 1 aromatic carbocycles. The Labute approximate surface area is 184 Å². The topological polar surface area (TPSA) is 98.3 Å². The number of nitrogens with two attached hydrogens (primary N) is 1. The van der Waals surface area contributed by atoms with Gasteiger partial charge in [0.2, 0.25) is 5.91 Å². The van der Waals surface area contributed by atoms with Gasteiger partial charge in [0, 0.05) is 31.1 Å². The number of rotatable bonds is 6. The molecule has 0 aliphatic carbocycles. The zero-order valence-electron chi connectivity index (χ0n) is 17.3. The molecule has 0 radical (unpaired) electrons. The van der Waals surface area contributed by atoms with Crippen LogP contribution in [0.2, 0.25) is 0 Å². The zero-order valence-corrected chi connectivity index (χ0v) is 18.2. The number of nitrogens with zero attached hydrogens (tertiary/aromatic N) is 3. The largest absolute Gasteiger partial charge is 0.365 e. The van der Waals surface area contributed by atoms with Gasteiger partial charge in [-0.05, 0) is 36.5 Å². The first kappa shape index (κ1) is 21.0. The summed E-state index contributed by atoms with van der Waals surface area (Å²) in [6, 6.07) is 9.55. The highest BCUT2D eigenvalue weighted by Gasteiger charge is 2.27. The van der Waals surface area contributed by atoms with Crippen LogP contribution in [-0.2, 0) is 30.7 Å². The van der Waals surface area contributed by atoms with Crippen molar-refractivity contribution < 1.29 is 9.59 Å². The first-order valence-electron chi connectivity index (χ1n) is 10.2. The second-order valence-electron chi connectivity index (χ2n) is 7.71. The second kappa shape index (κ2) is 8.85. The van der Waals surface area contributed by atoms with E-state index in [0.29, 0.717) is 44.5 Å². The smallest absolute Gasteiger partial charge is 0.264 e. The Morgan fingerprint density at radius 3 is 2.68 bits per heavy atom. The summed E-state index contributed by atoms with van der Waals surface area (Å²) >= 11 is 1.58. The van der Waals surface area contributed by atoms with Crippen LogP contribution in [0.3, 0.4) is 0 Å². The third-order valence-corrected chi connectivity index (χ3v) is 6.35. The molecule has 3 aromatic rings. The molecule has 1 aliphatic rings. The monoisotopic (exact) mass is 436 g/mol. The number of fused-ring (bicyclic) bond motifs is 1. The van der Waals surface area contributed by atoms with Crippen LogP contribution < -0.4 is 11.3 Å². The lowest BCUT2D eigenvalue weighted by Crippen LogP contribution is -2.40. The van der Waals surface area contributed by atoms with Crippen molar-refractivity contribution in [1.82, 2.24) is 14.5 Å². The SMILES string of the molecule is Cc1nc(CCC(=O)N2CCc3c(cn(Cc4ccccc4)c(=O)c3C(N)=O)C2)cs1. The van der Waals surface area contributed by atoms with E-state index in [1.807, 2.05) is 42.6 Å². The number of carbonyl (C=O) groups excluding carboxylic acids is 2. The van der Waals surface area contributed by atoms with Gasteiger partial charge in [0.1, 0.15) is 5.56 Å². The van der Waals surface area contributed by atoms with Crippen LogP contribution in [-0.4, -0.2) is 32.8 Å². The van der Waals surface area contributed by atoms with Crippen molar-refractivity contribution in [2.24, 2.45) is 5.73 Å². The van der Waals surface area contributed by atoms with Crippen molar-refractivity contribution in [2.45, 2.75) is 39.3 Å². The van der Waals surface area contributed by atoms with Crippen molar-refractivity contribution in [3.05, 3.63) is 85.2 Å². The van der Waals surface area contributed by atoms with Crippen molar-refractivity contribution in [3.63, 3.8) is 0 Å². The number of thiazole rings is 1. The third-order valence-electron chi connectivity index (χ3n) is 5.53. The van der Waals surface area contributed by atoms with Gasteiger partial charge < -0.3 is 15.2 Å². The molecular formula is C23H24N4O3S. The fourth-order valence-corrected chi connectivity index (χ4v) is 4.64. The Morgan fingerprint density at radius 1 is 1.23 bits per heavy atom. The number of hydrogen-bond acceptors (Lipinski definition) is 5. The van der Waals surface area contributed by atoms with Crippen LogP contribution in [0.4, 0.5) is 0 Å². The number of pyridine rings is 1. The number of amides is 2. The van der Waals surface area contributed by atoms with E-state index in [9.17, 15) is 14.4 Å². The van der Waals surface area contributed by atoms with Crippen molar-refractivity contribution >= 4 is 23.2 Å². The molecule has 1 aliphatic heterocycles. The van der Waals surface area contributed by atoms with E-state index < -0.39 is 5.91 Å². The maximum absolute atomic E-state index is 12.9. The molecule has 0 fully saturated rings. The molecule has 0 bridgehead atoms. The fraction of sp³-hybridized carbons (Fsp3) is 0.304. The Balaban J connectivity index is 1.57. The minimum Gasteiger partial charge on any atom is -0.365 e. The first-order valence-corrected chi connectivity index (χ1v) is 11.1. The Hall–Kier alpha value is -3.26. The van der Waals surface area contributed by atoms with Crippen LogP contribution in [0, 0.1) is 6.92 Å². The molecular weight excluding hydrogens is 412 g/mol. The molecule has 7 nitrogen and oxygen atoms in total. The van der Waals surface area contributed by atoms with E-state index in [-0.39, 0.29) is 17.0 Å². The van der Waals surface area contributed by atoms with Crippen molar-refractivity contribution in [2.75, 3.05) is 6.54 Å². The maximum atomic E-state index is 12.9. The molecule has 8 heteroatoms. The lowest BCUT2D eigenvalue weighted by atomic mass is 9.95. The lowest BCUT2D eigenvalue weighted by Gasteiger charge is -2.30. The van der Waals surface area contributed by atoms with E-state index in [1.165, 1.54) is 4.57 Å². The van der Waals surface area contributed by atoms with Gasteiger partial charge in [0.15, 0.2) is 0 Å². The predicted octanol–water partition coefficient (Wildman–Crippen LogP) is 2.28. The molecule has 31 heavy (non-hydrogen) atoms. The summed E-state index contributed by atoms with van der Waals surface area (Å²) in [6.45, 7) is 3.11. The number of carbonyl (C=O) groups is 2. The van der Waals surface area contributed by atoms with Crippen molar-refractivity contribution in [1.29, 1.82) is 0 Å². The highest BCUT2D eigenvalue weighted by atomic mass is 32.1. The van der Waals surface area contributed by atoms with E-state index in [4.69, 9.17) is 5.73 Å².